The summed E-state index contributed by atoms with van der Waals surface area (Å²) in [5, 5.41) is 3.07. The second-order valence-corrected chi connectivity index (χ2v) is 3.44. The van der Waals surface area contributed by atoms with Crippen LogP contribution in [-0.2, 0) is 0 Å². The predicted octanol–water partition coefficient (Wildman–Crippen LogP) is 2.30. The van der Waals surface area contributed by atoms with Crippen molar-refractivity contribution < 1.29 is 4.79 Å². The Kier molecular flexibility index (Phi) is 1.59. The van der Waals surface area contributed by atoms with Crippen LogP contribution in [0.4, 0.5) is 5.69 Å². The van der Waals surface area contributed by atoms with E-state index < -0.39 is 0 Å². The molecule has 0 aliphatic rings. The van der Waals surface area contributed by atoms with Gasteiger partial charge in [0.1, 0.15) is 0 Å². The van der Waals surface area contributed by atoms with E-state index in [0.717, 1.165) is 16.4 Å². The molecule has 2 rings (SSSR count). The number of hydrogen-bond acceptors (Lipinski definition) is 3. The molecule has 1 heterocycles. The second-order valence-electron chi connectivity index (χ2n) is 2.53. The Morgan fingerprint density at radius 1 is 1.33 bits per heavy atom. The van der Waals surface area contributed by atoms with Gasteiger partial charge in [0.15, 0.2) is 6.29 Å². The molecule has 0 radical (unpaired) electrons. The van der Waals surface area contributed by atoms with Gasteiger partial charge in [-0.3, -0.25) is 4.79 Å². The number of nitrogens with two attached hydrogens (primary N) is 1. The number of thiophene rings is 1. The van der Waals surface area contributed by atoms with Gasteiger partial charge in [-0.15, -0.1) is 11.3 Å². The smallest absolute Gasteiger partial charge is 0.152 e. The summed E-state index contributed by atoms with van der Waals surface area (Å²) in [7, 11) is 0. The molecule has 0 aliphatic carbocycles. The third-order valence-corrected chi connectivity index (χ3v) is 2.78. The standard InChI is InChI=1S/C9H7NOS/c10-8-7(5-11)2-1-6-3-4-12-9(6)8/h1-5H,10H2. The largest absolute Gasteiger partial charge is 0.397 e. The van der Waals surface area contributed by atoms with Gasteiger partial charge in [-0.1, -0.05) is 6.07 Å². The SMILES string of the molecule is Nc1c(C=O)ccc2ccsc12. The van der Waals surface area contributed by atoms with Crippen molar-refractivity contribution in [1.29, 1.82) is 0 Å². The number of carbonyl (C=O) groups excluding carboxylic acids is 1. The number of fused-ring (bicyclic) bond motifs is 1. The van der Waals surface area contributed by atoms with Gasteiger partial charge in [-0.25, -0.2) is 0 Å². The first-order chi connectivity index (χ1) is 5.83. The van der Waals surface area contributed by atoms with Crippen LogP contribution < -0.4 is 5.73 Å². The van der Waals surface area contributed by atoms with Crippen LogP contribution in [0.2, 0.25) is 0 Å². The zero-order chi connectivity index (χ0) is 8.55. The molecular formula is C9H7NOS. The molecule has 1 aromatic heterocycles. The lowest BCUT2D eigenvalue weighted by atomic mass is 10.1. The average Bonchev–Trinajstić information content (AvgIpc) is 2.53. The second kappa shape index (κ2) is 2.60. The van der Waals surface area contributed by atoms with E-state index in [1.165, 1.54) is 0 Å². The minimum Gasteiger partial charge on any atom is -0.397 e. The number of carbonyl (C=O) groups is 1. The van der Waals surface area contributed by atoms with E-state index in [9.17, 15) is 4.79 Å². The van der Waals surface area contributed by atoms with Crippen LogP contribution in [0.25, 0.3) is 10.1 Å². The van der Waals surface area contributed by atoms with Gasteiger partial charge in [0.25, 0.3) is 0 Å². The van der Waals surface area contributed by atoms with E-state index in [1.807, 2.05) is 17.5 Å². The number of nitrogen functional groups attached to an aromatic ring is 1. The Morgan fingerprint density at radius 2 is 2.17 bits per heavy atom. The molecule has 2 N–H and O–H groups in total. The topological polar surface area (TPSA) is 43.1 Å². The molecule has 1 aromatic carbocycles. The fraction of sp³-hybridized carbons (Fsp3) is 0. The maximum absolute atomic E-state index is 10.5. The van der Waals surface area contributed by atoms with E-state index in [2.05, 4.69) is 0 Å². The summed E-state index contributed by atoms with van der Waals surface area (Å²) in [5.41, 5.74) is 6.92. The van der Waals surface area contributed by atoms with Crippen molar-refractivity contribution in [2.75, 3.05) is 5.73 Å². The van der Waals surface area contributed by atoms with Crippen LogP contribution >= 0.6 is 11.3 Å². The lowest BCUT2D eigenvalue weighted by Crippen LogP contribution is -1.91. The minimum atomic E-state index is 0.574. The summed E-state index contributed by atoms with van der Waals surface area (Å²) < 4.78 is 1.000. The molecule has 0 atom stereocenters. The molecule has 0 spiro atoms. The van der Waals surface area contributed by atoms with Gasteiger partial charge in [-0.05, 0) is 22.9 Å². The number of anilines is 1. The van der Waals surface area contributed by atoms with Gasteiger partial charge in [0.2, 0.25) is 0 Å². The molecule has 0 amide bonds. The molecule has 0 bridgehead atoms. The minimum absolute atomic E-state index is 0.574. The Labute approximate surface area is 73.6 Å². The zero-order valence-electron chi connectivity index (χ0n) is 6.28. The van der Waals surface area contributed by atoms with Gasteiger partial charge in [0, 0.05) is 5.56 Å². The fourth-order valence-corrected chi connectivity index (χ4v) is 2.04. The normalized spacial score (nSPS) is 10.3. The molecule has 60 valence electrons. The Hall–Kier alpha value is -1.35. The Balaban J connectivity index is 2.86. The van der Waals surface area contributed by atoms with E-state index in [-0.39, 0.29) is 0 Å². The van der Waals surface area contributed by atoms with Crippen LogP contribution in [0.15, 0.2) is 23.6 Å². The number of benzene rings is 1. The highest BCUT2D eigenvalue weighted by atomic mass is 32.1. The van der Waals surface area contributed by atoms with Gasteiger partial charge in [0.05, 0.1) is 10.4 Å². The monoisotopic (exact) mass is 177 g/mol. The van der Waals surface area contributed by atoms with Crippen molar-refractivity contribution in [2.45, 2.75) is 0 Å². The summed E-state index contributed by atoms with van der Waals surface area (Å²) in [4.78, 5) is 10.5. The molecule has 0 aliphatic heterocycles. The molecule has 0 saturated carbocycles. The third kappa shape index (κ3) is 0.905. The Bertz CT molecular complexity index is 433. The van der Waals surface area contributed by atoms with Gasteiger partial charge < -0.3 is 5.73 Å². The summed E-state index contributed by atoms with van der Waals surface area (Å²) in [6.07, 6.45) is 0.786. The highest BCUT2D eigenvalue weighted by Gasteiger charge is 2.03. The molecule has 3 heteroatoms. The average molecular weight is 177 g/mol. The molecule has 0 unspecified atom stereocenters. The molecule has 2 nitrogen and oxygen atoms in total. The predicted molar refractivity (Wildman–Crippen MR) is 51.6 cm³/mol. The van der Waals surface area contributed by atoms with Crippen molar-refractivity contribution in [3.8, 4) is 0 Å². The van der Waals surface area contributed by atoms with E-state index in [1.54, 1.807) is 17.4 Å². The van der Waals surface area contributed by atoms with E-state index in [0.29, 0.717) is 11.3 Å². The van der Waals surface area contributed by atoms with E-state index in [4.69, 9.17) is 5.73 Å². The lowest BCUT2D eigenvalue weighted by molar-refractivity contribution is 0.112. The summed E-state index contributed by atoms with van der Waals surface area (Å²) in [5.74, 6) is 0. The quantitative estimate of drug-likeness (QED) is 0.536. The molecule has 2 aromatic rings. The highest BCUT2D eigenvalue weighted by molar-refractivity contribution is 7.17. The van der Waals surface area contributed by atoms with Crippen molar-refractivity contribution in [3.05, 3.63) is 29.1 Å². The van der Waals surface area contributed by atoms with E-state index >= 15 is 0 Å². The number of hydrogen-bond donors (Lipinski definition) is 1. The first kappa shape index (κ1) is 7.31. The van der Waals surface area contributed by atoms with Crippen molar-refractivity contribution in [2.24, 2.45) is 0 Å². The molecular weight excluding hydrogens is 170 g/mol. The van der Waals surface area contributed by atoms with Crippen LogP contribution in [0, 0.1) is 0 Å². The summed E-state index contributed by atoms with van der Waals surface area (Å²) in [6.45, 7) is 0. The van der Waals surface area contributed by atoms with Crippen LogP contribution in [-0.4, -0.2) is 6.29 Å². The third-order valence-electron chi connectivity index (χ3n) is 1.82. The molecule has 0 saturated heterocycles. The number of rotatable bonds is 1. The maximum atomic E-state index is 10.5. The van der Waals surface area contributed by atoms with Crippen molar-refractivity contribution in [3.63, 3.8) is 0 Å². The maximum Gasteiger partial charge on any atom is 0.152 e. The first-order valence-corrected chi connectivity index (χ1v) is 4.42. The van der Waals surface area contributed by atoms with Crippen molar-refractivity contribution in [1.82, 2.24) is 0 Å². The molecule has 0 fully saturated rings. The van der Waals surface area contributed by atoms with Gasteiger partial charge in [-0.2, -0.15) is 0 Å². The van der Waals surface area contributed by atoms with Crippen LogP contribution in [0.1, 0.15) is 10.4 Å². The van der Waals surface area contributed by atoms with Crippen LogP contribution in [0.3, 0.4) is 0 Å². The summed E-state index contributed by atoms with van der Waals surface area (Å²) in [6, 6.07) is 5.65. The zero-order valence-corrected chi connectivity index (χ0v) is 7.10. The lowest BCUT2D eigenvalue weighted by Gasteiger charge is -1.98. The van der Waals surface area contributed by atoms with Crippen LogP contribution in [0.5, 0.6) is 0 Å². The Morgan fingerprint density at radius 3 is 2.92 bits per heavy atom. The number of aldehydes is 1. The van der Waals surface area contributed by atoms with Crippen molar-refractivity contribution >= 4 is 33.4 Å². The highest BCUT2D eigenvalue weighted by Crippen LogP contribution is 2.28. The summed E-state index contributed by atoms with van der Waals surface area (Å²) >= 11 is 1.56. The van der Waals surface area contributed by atoms with Gasteiger partial charge >= 0.3 is 0 Å². The molecule has 12 heavy (non-hydrogen) atoms. The first-order valence-electron chi connectivity index (χ1n) is 3.54. The fourth-order valence-electron chi connectivity index (χ4n) is 1.17.